The molecule has 1 aromatic heterocycles. The first-order chi connectivity index (χ1) is 7.22. The maximum Gasteiger partial charge on any atom is 0.330 e. The summed E-state index contributed by atoms with van der Waals surface area (Å²) in [5.41, 5.74) is 1.49. The van der Waals surface area contributed by atoms with Crippen molar-refractivity contribution in [3.63, 3.8) is 0 Å². The van der Waals surface area contributed by atoms with Crippen LogP contribution in [0.15, 0.2) is 17.7 Å². The van der Waals surface area contributed by atoms with Crippen LogP contribution in [0, 0.1) is 0 Å². The molecule has 0 saturated carbocycles. The minimum atomic E-state index is -0.551. The maximum atomic E-state index is 11.2. The van der Waals surface area contributed by atoms with Crippen molar-refractivity contribution >= 4 is 28.3 Å². The second kappa shape index (κ2) is 5.86. The topological polar surface area (TPSA) is 81.2 Å². The zero-order chi connectivity index (χ0) is 11.1. The van der Waals surface area contributed by atoms with Gasteiger partial charge in [0, 0.05) is 12.2 Å². The van der Waals surface area contributed by atoms with Crippen LogP contribution in [0.5, 0.6) is 0 Å². The molecule has 1 heterocycles. The van der Waals surface area contributed by atoms with Gasteiger partial charge in [-0.25, -0.2) is 4.79 Å². The zero-order valence-corrected chi connectivity index (χ0v) is 8.78. The summed E-state index contributed by atoms with van der Waals surface area (Å²) < 4.78 is 4.60. The minimum absolute atomic E-state index is 0.279. The van der Waals surface area contributed by atoms with E-state index in [0.717, 1.165) is 12.2 Å². The molecule has 0 atom stereocenters. The van der Waals surface area contributed by atoms with E-state index < -0.39 is 11.9 Å². The maximum absolute atomic E-state index is 11.2. The molecule has 0 aliphatic carbocycles. The van der Waals surface area contributed by atoms with Crippen LogP contribution >= 0.6 is 11.3 Å². The molecule has 0 aromatic carbocycles. The summed E-state index contributed by atoms with van der Waals surface area (Å²) >= 11 is 1.19. The third-order valence-electron chi connectivity index (χ3n) is 1.25. The predicted molar refractivity (Wildman–Crippen MR) is 54.3 cm³/mol. The van der Waals surface area contributed by atoms with Crippen LogP contribution in [0.1, 0.15) is 6.92 Å². The van der Waals surface area contributed by atoms with E-state index in [2.05, 4.69) is 20.3 Å². The number of rotatable bonds is 4. The van der Waals surface area contributed by atoms with Gasteiger partial charge in [-0.05, 0) is 6.92 Å². The molecule has 1 aromatic rings. The number of carbonyl (C=O) groups is 2. The predicted octanol–water partition coefficient (Wildman–Crippen LogP) is 0.596. The summed E-state index contributed by atoms with van der Waals surface area (Å²) in [4.78, 5) is 22.0. The molecule has 1 amide bonds. The second-order valence-electron chi connectivity index (χ2n) is 2.32. The summed E-state index contributed by atoms with van der Waals surface area (Å²) in [7, 11) is 0. The number of esters is 1. The lowest BCUT2D eigenvalue weighted by Gasteiger charge is -1.95. The lowest BCUT2D eigenvalue weighted by Crippen LogP contribution is -2.09. The molecule has 1 rings (SSSR count). The standard InChI is InChI=1S/C8H9N3O3S/c1-2-14-7(13)4-3-6(12)10-8-11-9-5-15-8/h3-5H,2H2,1H3,(H,10,11,12)/b4-3+. The third-order valence-corrected chi connectivity index (χ3v) is 1.85. The van der Waals surface area contributed by atoms with E-state index >= 15 is 0 Å². The van der Waals surface area contributed by atoms with E-state index in [1.54, 1.807) is 6.92 Å². The molecule has 0 aliphatic heterocycles. The molecule has 0 aliphatic rings. The first kappa shape index (κ1) is 11.3. The Bertz CT molecular complexity index is 361. The Kier molecular flexibility index (Phi) is 4.42. The van der Waals surface area contributed by atoms with E-state index in [1.165, 1.54) is 16.8 Å². The van der Waals surface area contributed by atoms with Crippen LogP contribution in [-0.2, 0) is 14.3 Å². The summed E-state index contributed by atoms with van der Waals surface area (Å²) in [6.45, 7) is 1.97. The molecular formula is C8H9N3O3S. The van der Waals surface area contributed by atoms with Crippen molar-refractivity contribution in [3.8, 4) is 0 Å². The van der Waals surface area contributed by atoms with Gasteiger partial charge in [0.25, 0.3) is 0 Å². The second-order valence-corrected chi connectivity index (χ2v) is 3.15. The number of nitrogens with one attached hydrogen (secondary N) is 1. The minimum Gasteiger partial charge on any atom is -0.463 e. The molecule has 7 heteroatoms. The first-order valence-corrected chi connectivity index (χ1v) is 5.02. The van der Waals surface area contributed by atoms with Gasteiger partial charge in [0.1, 0.15) is 5.51 Å². The molecule has 15 heavy (non-hydrogen) atoms. The number of hydrogen-bond donors (Lipinski definition) is 1. The fourth-order valence-corrected chi connectivity index (χ4v) is 1.16. The fourth-order valence-electron chi connectivity index (χ4n) is 0.709. The first-order valence-electron chi connectivity index (χ1n) is 4.14. The van der Waals surface area contributed by atoms with Crippen molar-refractivity contribution in [2.75, 3.05) is 11.9 Å². The van der Waals surface area contributed by atoms with Crippen LogP contribution in [0.3, 0.4) is 0 Å². The number of nitrogens with zero attached hydrogens (tertiary/aromatic N) is 2. The van der Waals surface area contributed by atoms with Crippen LogP contribution < -0.4 is 5.32 Å². The molecule has 0 unspecified atom stereocenters. The Morgan fingerprint density at radius 2 is 2.40 bits per heavy atom. The Morgan fingerprint density at radius 3 is 3.00 bits per heavy atom. The molecule has 0 bridgehead atoms. The third kappa shape index (κ3) is 4.32. The van der Waals surface area contributed by atoms with Crippen molar-refractivity contribution in [2.45, 2.75) is 6.92 Å². The molecule has 1 N–H and O–H groups in total. The monoisotopic (exact) mass is 227 g/mol. The number of anilines is 1. The highest BCUT2D eigenvalue weighted by Crippen LogP contribution is 2.07. The lowest BCUT2D eigenvalue weighted by atomic mass is 10.5. The van der Waals surface area contributed by atoms with Gasteiger partial charge in [-0.3, -0.25) is 10.1 Å². The number of ether oxygens (including phenoxy) is 1. The summed E-state index contributed by atoms with van der Waals surface area (Å²) in [6, 6.07) is 0. The van der Waals surface area contributed by atoms with Gasteiger partial charge < -0.3 is 4.74 Å². The van der Waals surface area contributed by atoms with E-state index in [0.29, 0.717) is 5.13 Å². The van der Waals surface area contributed by atoms with Crippen LogP contribution in [-0.4, -0.2) is 28.7 Å². The average Bonchev–Trinajstić information content (AvgIpc) is 2.68. The Morgan fingerprint density at radius 1 is 1.60 bits per heavy atom. The van der Waals surface area contributed by atoms with Gasteiger partial charge >= 0.3 is 5.97 Å². The highest BCUT2D eigenvalue weighted by atomic mass is 32.1. The van der Waals surface area contributed by atoms with Crippen molar-refractivity contribution in [1.29, 1.82) is 0 Å². The zero-order valence-electron chi connectivity index (χ0n) is 7.97. The quantitative estimate of drug-likeness (QED) is 0.601. The smallest absolute Gasteiger partial charge is 0.330 e. The van der Waals surface area contributed by atoms with Crippen LogP contribution in [0.25, 0.3) is 0 Å². The molecule has 6 nitrogen and oxygen atoms in total. The Labute approximate surface area is 90.0 Å². The average molecular weight is 227 g/mol. The van der Waals surface area contributed by atoms with Gasteiger partial charge in [-0.1, -0.05) is 11.3 Å². The van der Waals surface area contributed by atoms with Crippen molar-refractivity contribution in [1.82, 2.24) is 10.2 Å². The van der Waals surface area contributed by atoms with E-state index in [9.17, 15) is 9.59 Å². The molecule has 80 valence electrons. The Hall–Kier alpha value is -1.76. The molecule has 0 radical (unpaired) electrons. The van der Waals surface area contributed by atoms with Crippen molar-refractivity contribution in [2.24, 2.45) is 0 Å². The number of hydrogen-bond acceptors (Lipinski definition) is 6. The van der Waals surface area contributed by atoms with Gasteiger partial charge in [0.2, 0.25) is 11.0 Å². The van der Waals surface area contributed by atoms with Gasteiger partial charge in [-0.15, -0.1) is 10.2 Å². The summed E-state index contributed by atoms with van der Waals surface area (Å²) in [5, 5.41) is 9.96. The Balaban J connectivity index is 2.39. The molecular weight excluding hydrogens is 218 g/mol. The van der Waals surface area contributed by atoms with Crippen LogP contribution in [0.2, 0.25) is 0 Å². The summed E-state index contributed by atoms with van der Waals surface area (Å²) in [6.07, 6.45) is 2.14. The van der Waals surface area contributed by atoms with Crippen LogP contribution in [0.4, 0.5) is 5.13 Å². The van der Waals surface area contributed by atoms with Crippen molar-refractivity contribution < 1.29 is 14.3 Å². The largest absolute Gasteiger partial charge is 0.463 e. The highest BCUT2D eigenvalue weighted by molar-refractivity contribution is 7.13. The van der Waals surface area contributed by atoms with Crippen molar-refractivity contribution in [3.05, 3.63) is 17.7 Å². The SMILES string of the molecule is CCOC(=O)/C=C/C(=O)Nc1nncs1. The van der Waals surface area contributed by atoms with E-state index in [4.69, 9.17) is 0 Å². The van der Waals surface area contributed by atoms with E-state index in [-0.39, 0.29) is 6.61 Å². The lowest BCUT2D eigenvalue weighted by molar-refractivity contribution is -0.137. The van der Waals surface area contributed by atoms with E-state index in [1.807, 2.05) is 0 Å². The number of carbonyl (C=O) groups excluding carboxylic acids is 2. The fraction of sp³-hybridized carbons (Fsp3) is 0.250. The molecule has 0 spiro atoms. The molecule has 0 saturated heterocycles. The summed E-state index contributed by atoms with van der Waals surface area (Å²) in [5.74, 6) is -0.996. The highest BCUT2D eigenvalue weighted by Gasteiger charge is 2.01. The van der Waals surface area contributed by atoms with Gasteiger partial charge in [-0.2, -0.15) is 0 Å². The number of amides is 1. The molecule has 0 fully saturated rings. The van der Waals surface area contributed by atoms with Gasteiger partial charge in [0.15, 0.2) is 0 Å². The number of aromatic nitrogens is 2. The van der Waals surface area contributed by atoms with Gasteiger partial charge in [0.05, 0.1) is 6.61 Å². The normalized spacial score (nSPS) is 10.2.